The Balaban J connectivity index is 1.84. The molecular weight excluding hydrogens is 398 g/mol. The molecule has 0 aliphatic carbocycles. The van der Waals surface area contributed by atoms with E-state index in [1.165, 1.54) is 11.8 Å². The smallest absolute Gasteiger partial charge is 0.263 e. The summed E-state index contributed by atoms with van der Waals surface area (Å²) in [5.41, 5.74) is 1.61. The second kappa shape index (κ2) is 8.31. The van der Waals surface area contributed by atoms with Crippen LogP contribution >= 0.6 is 11.8 Å². The van der Waals surface area contributed by atoms with E-state index in [0.717, 1.165) is 11.1 Å². The number of rotatable bonds is 6. The molecule has 2 aromatic heterocycles. The highest BCUT2D eigenvalue weighted by molar-refractivity contribution is 8.00. The summed E-state index contributed by atoms with van der Waals surface area (Å²) in [4.78, 5) is 25.6. The first-order chi connectivity index (χ1) is 14.5. The summed E-state index contributed by atoms with van der Waals surface area (Å²) in [6.45, 7) is 6.08. The third-order valence-corrected chi connectivity index (χ3v) is 5.79. The van der Waals surface area contributed by atoms with Crippen molar-refractivity contribution in [1.82, 2.24) is 24.5 Å². The van der Waals surface area contributed by atoms with Gasteiger partial charge in [-0.25, -0.2) is 0 Å². The predicted octanol–water partition coefficient (Wildman–Crippen LogP) is 3.10. The fraction of sp³-hybridized carbons (Fsp3) is 0.273. The zero-order chi connectivity index (χ0) is 21.3. The van der Waals surface area contributed by atoms with Crippen LogP contribution in [-0.2, 0) is 11.3 Å². The Kier molecular flexibility index (Phi) is 5.59. The van der Waals surface area contributed by atoms with E-state index in [1.807, 2.05) is 79.8 Å². The molecule has 4 rings (SSSR count). The van der Waals surface area contributed by atoms with Gasteiger partial charge in [0.15, 0.2) is 5.16 Å². The molecule has 2 aromatic carbocycles. The van der Waals surface area contributed by atoms with Gasteiger partial charge in [-0.3, -0.25) is 18.6 Å². The monoisotopic (exact) mass is 421 g/mol. The highest BCUT2D eigenvalue weighted by atomic mass is 32.2. The number of hydrogen-bond acceptors (Lipinski definition) is 5. The van der Waals surface area contributed by atoms with Crippen molar-refractivity contribution < 1.29 is 4.79 Å². The van der Waals surface area contributed by atoms with Gasteiger partial charge in [-0.1, -0.05) is 54.2 Å². The summed E-state index contributed by atoms with van der Waals surface area (Å²) in [5.74, 6) is 0.398. The van der Waals surface area contributed by atoms with Crippen molar-refractivity contribution in [2.24, 2.45) is 0 Å². The number of para-hydroxylation sites is 1. The summed E-state index contributed by atoms with van der Waals surface area (Å²) < 4.78 is 3.50. The van der Waals surface area contributed by atoms with Crippen LogP contribution in [0.15, 0.2) is 64.5 Å². The third kappa shape index (κ3) is 3.82. The first kappa shape index (κ1) is 20.2. The number of carbonyl (C=O) groups excluding carboxylic acids is 1. The summed E-state index contributed by atoms with van der Waals surface area (Å²) in [6, 6.07) is 17.3. The van der Waals surface area contributed by atoms with Crippen molar-refractivity contribution in [3.05, 3.63) is 70.5 Å². The molecule has 2 heterocycles. The van der Waals surface area contributed by atoms with E-state index in [4.69, 9.17) is 0 Å². The van der Waals surface area contributed by atoms with Gasteiger partial charge in [-0.2, -0.15) is 0 Å². The average Bonchev–Trinajstić information content (AvgIpc) is 3.15. The quantitative estimate of drug-likeness (QED) is 0.484. The molecule has 8 heteroatoms. The number of benzene rings is 2. The Hall–Kier alpha value is -3.13. The molecule has 4 aromatic rings. The summed E-state index contributed by atoms with van der Waals surface area (Å²) in [7, 11) is 0. The van der Waals surface area contributed by atoms with Gasteiger partial charge in [0.25, 0.3) is 5.56 Å². The van der Waals surface area contributed by atoms with Gasteiger partial charge in [-0.05, 0) is 38.5 Å². The zero-order valence-corrected chi connectivity index (χ0v) is 17.9. The van der Waals surface area contributed by atoms with E-state index in [9.17, 15) is 9.59 Å². The van der Waals surface area contributed by atoms with Crippen molar-refractivity contribution in [2.45, 2.75) is 43.8 Å². The second-order valence-electron chi connectivity index (χ2n) is 7.44. The number of thioether (sulfide) groups is 1. The molecule has 0 unspecified atom stereocenters. The van der Waals surface area contributed by atoms with Gasteiger partial charge in [-0.15, -0.1) is 10.2 Å². The molecule has 0 saturated heterocycles. The Morgan fingerprint density at radius 1 is 1.03 bits per heavy atom. The van der Waals surface area contributed by atoms with Crippen LogP contribution < -0.4 is 10.9 Å². The number of carbonyl (C=O) groups is 1. The standard InChI is InChI=1S/C22H23N5O2S/c1-14(2)23-19(28)15(3)30-22-25-24-21-26(13-16-9-5-4-6-10-16)20(29)17-11-7-8-12-18(17)27(21)22/h4-12,14-15H,13H2,1-3H3,(H,23,28)/t15-/m0/s1. The molecule has 30 heavy (non-hydrogen) atoms. The molecule has 1 N–H and O–H groups in total. The Morgan fingerprint density at radius 2 is 1.73 bits per heavy atom. The Morgan fingerprint density at radius 3 is 2.47 bits per heavy atom. The number of nitrogens with zero attached hydrogens (tertiary/aromatic N) is 4. The average molecular weight is 422 g/mol. The van der Waals surface area contributed by atoms with Crippen LogP contribution in [0.1, 0.15) is 26.3 Å². The van der Waals surface area contributed by atoms with E-state index in [1.54, 1.807) is 4.57 Å². The molecular formula is C22H23N5O2S. The largest absolute Gasteiger partial charge is 0.353 e. The van der Waals surface area contributed by atoms with E-state index in [0.29, 0.717) is 22.9 Å². The molecule has 0 aliphatic heterocycles. The van der Waals surface area contributed by atoms with Gasteiger partial charge < -0.3 is 5.32 Å². The van der Waals surface area contributed by atoms with Gasteiger partial charge in [0.1, 0.15) is 0 Å². The molecule has 0 fully saturated rings. The van der Waals surface area contributed by atoms with Crippen molar-refractivity contribution in [3.63, 3.8) is 0 Å². The normalized spacial score (nSPS) is 12.5. The van der Waals surface area contributed by atoms with Crippen molar-refractivity contribution in [2.75, 3.05) is 0 Å². The summed E-state index contributed by atoms with van der Waals surface area (Å²) >= 11 is 1.33. The lowest BCUT2D eigenvalue weighted by atomic mass is 10.2. The van der Waals surface area contributed by atoms with Crippen LogP contribution in [0.5, 0.6) is 0 Å². The van der Waals surface area contributed by atoms with Gasteiger partial charge >= 0.3 is 0 Å². The van der Waals surface area contributed by atoms with Gasteiger partial charge in [0.2, 0.25) is 11.7 Å². The molecule has 0 bridgehead atoms. The molecule has 0 aliphatic rings. The van der Waals surface area contributed by atoms with E-state index < -0.39 is 0 Å². The van der Waals surface area contributed by atoms with Crippen molar-refractivity contribution in [1.29, 1.82) is 0 Å². The first-order valence-electron chi connectivity index (χ1n) is 9.83. The highest BCUT2D eigenvalue weighted by Gasteiger charge is 2.21. The van der Waals surface area contributed by atoms with Gasteiger partial charge in [0.05, 0.1) is 22.7 Å². The molecule has 1 atom stereocenters. The first-order valence-corrected chi connectivity index (χ1v) is 10.7. The Bertz CT molecular complexity index is 1260. The molecule has 0 saturated carbocycles. The summed E-state index contributed by atoms with van der Waals surface area (Å²) in [6.07, 6.45) is 0. The summed E-state index contributed by atoms with van der Waals surface area (Å²) in [5, 5.41) is 12.4. The SMILES string of the molecule is CC(C)NC(=O)[C@H](C)Sc1nnc2n(Cc3ccccc3)c(=O)c3ccccc3n12. The number of fused-ring (bicyclic) bond motifs is 3. The molecule has 7 nitrogen and oxygen atoms in total. The van der Waals surface area contributed by atoms with Crippen LogP contribution in [0, 0.1) is 0 Å². The number of amides is 1. The van der Waals surface area contributed by atoms with Crippen LogP contribution in [0.2, 0.25) is 0 Å². The van der Waals surface area contributed by atoms with E-state index in [-0.39, 0.29) is 22.8 Å². The number of aromatic nitrogens is 4. The highest BCUT2D eigenvalue weighted by Crippen LogP contribution is 2.25. The maximum atomic E-state index is 13.2. The van der Waals surface area contributed by atoms with Gasteiger partial charge in [0, 0.05) is 6.04 Å². The fourth-order valence-corrected chi connectivity index (χ4v) is 4.20. The minimum Gasteiger partial charge on any atom is -0.353 e. The lowest BCUT2D eigenvalue weighted by Crippen LogP contribution is -2.36. The minimum absolute atomic E-state index is 0.0614. The second-order valence-corrected chi connectivity index (χ2v) is 8.74. The lowest BCUT2D eigenvalue weighted by Gasteiger charge is -2.14. The van der Waals surface area contributed by atoms with Crippen molar-refractivity contribution >= 4 is 34.3 Å². The van der Waals surface area contributed by atoms with Crippen LogP contribution in [0.4, 0.5) is 0 Å². The topological polar surface area (TPSA) is 81.3 Å². The van der Waals surface area contributed by atoms with Crippen LogP contribution in [0.25, 0.3) is 16.7 Å². The van der Waals surface area contributed by atoms with Crippen molar-refractivity contribution in [3.8, 4) is 0 Å². The number of hydrogen-bond donors (Lipinski definition) is 1. The van der Waals surface area contributed by atoms with Crippen LogP contribution in [0.3, 0.4) is 0 Å². The molecule has 0 spiro atoms. The third-order valence-electron chi connectivity index (χ3n) is 4.74. The number of nitrogens with one attached hydrogen (secondary N) is 1. The molecule has 1 amide bonds. The minimum atomic E-state index is -0.354. The maximum absolute atomic E-state index is 13.2. The molecule has 154 valence electrons. The Labute approximate surface area is 178 Å². The lowest BCUT2D eigenvalue weighted by molar-refractivity contribution is -0.120. The van der Waals surface area contributed by atoms with E-state index in [2.05, 4.69) is 15.5 Å². The molecule has 0 radical (unpaired) electrons. The van der Waals surface area contributed by atoms with Crippen LogP contribution in [-0.4, -0.2) is 36.4 Å². The predicted molar refractivity (Wildman–Crippen MR) is 119 cm³/mol. The fourth-order valence-electron chi connectivity index (χ4n) is 3.33. The maximum Gasteiger partial charge on any atom is 0.263 e. The zero-order valence-electron chi connectivity index (χ0n) is 17.1. The van der Waals surface area contributed by atoms with E-state index >= 15 is 0 Å².